The second-order valence-electron chi connectivity index (χ2n) is 6.98. The van der Waals surface area contributed by atoms with E-state index in [1.165, 1.54) is 0 Å². The number of benzene rings is 1. The van der Waals surface area contributed by atoms with Gasteiger partial charge in [0.1, 0.15) is 0 Å². The molecule has 0 spiro atoms. The van der Waals surface area contributed by atoms with Gasteiger partial charge in [-0.2, -0.15) is 0 Å². The normalized spacial score (nSPS) is 19.9. The Balaban J connectivity index is 1.49. The van der Waals surface area contributed by atoms with Gasteiger partial charge in [0, 0.05) is 44.3 Å². The molecule has 2 heterocycles. The SMILES string of the molecule is CC(C)N1CC(NC(=O)c2ccc(CN3CCNC(=O)C3)cc2)C1. The summed E-state index contributed by atoms with van der Waals surface area (Å²) in [6.07, 6.45) is 0. The van der Waals surface area contributed by atoms with E-state index < -0.39 is 0 Å². The van der Waals surface area contributed by atoms with Gasteiger partial charge in [-0.25, -0.2) is 0 Å². The van der Waals surface area contributed by atoms with Crippen molar-refractivity contribution in [2.45, 2.75) is 32.5 Å². The lowest BCUT2D eigenvalue weighted by atomic mass is 10.1. The summed E-state index contributed by atoms with van der Waals surface area (Å²) in [5.41, 5.74) is 1.81. The van der Waals surface area contributed by atoms with E-state index in [1.54, 1.807) is 0 Å². The van der Waals surface area contributed by atoms with Crippen LogP contribution in [-0.4, -0.2) is 66.4 Å². The molecule has 0 aromatic heterocycles. The van der Waals surface area contributed by atoms with E-state index in [-0.39, 0.29) is 17.9 Å². The van der Waals surface area contributed by atoms with Gasteiger partial charge in [0.05, 0.1) is 12.6 Å². The van der Waals surface area contributed by atoms with Crippen molar-refractivity contribution < 1.29 is 9.59 Å². The van der Waals surface area contributed by atoms with E-state index in [9.17, 15) is 9.59 Å². The molecule has 1 aromatic carbocycles. The minimum absolute atomic E-state index is 0.00712. The second-order valence-corrected chi connectivity index (χ2v) is 6.98. The first-order chi connectivity index (χ1) is 11.5. The Morgan fingerprint density at radius 2 is 2.00 bits per heavy atom. The molecule has 0 radical (unpaired) electrons. The molecule has 2 aliphatic heterocycles. The van der Waals surface area contributed by atoms with Gasteiger partial charge < -0.3 is 10.6 Å². The lowest BCUT2D eigenvalue weighted by Crippen LogP contribution is -2.61. The highest BCUT2D eigenvalue weighted by atomic mass is 16.2. The monoisotopic (exact) mass is 330 g/mol. The quantitative estimate of drug-likeness (QED) is 0.822. The summed E-state index contributed by atoms with van der Waals surface area (Å²) in [7, 11) is 0. The Hall–Kier alpha value is -1.92. The summed E-state index contributed by atoms with van der Waals surface area (Å²) in [4.78, 5) is 28.1. The van der Waals surface area contributed by atoms with Gasteiger partial charge >= 0.3 is 0 Å². The van der Waals surface area contributed by atoms with Gasteiger partial charge in [-0.1, -0.05) is 12.1 Å². The first kappa shape index (κ1) is 16.9. The molecule has 2 saturated heterocycles. The number of amides is 2. The van der Waals surface area contributed by atoms with E-state index in [1.807, 2.05) is 24.3 Å². The van der Waals surface area contributed by atoms with E-state index in [0.717, 1.165) is 31.7 Å². The van der Waals surface area contributed by atoms with Crippen LogP contribution in [0.3, 0.4) is 0 Å². The first-order valence-electron chi connectivity index (χ1n) is 8.64. The zero-order valence-corrected chi connectivity index (χ0v) is 14.4. The summed E-state index contributed by atoms with van der Waals surface area (Å²) >= 11 is 0. The van der Waals surface area contributed by atoms with Crippen molar-refractivity contribution in [3.63, 3.8) is 0 Å². The molecule has 6 nitrogen and oxygen atoms in total. The molecule has 0 aliphatic carbocycles. The zero-order chi connectivity index (χ0) is 17.1. The molecule has 1 aromatic rings. The number of likely N-dealkylation sites (tertiary alicyclic amines) is 1. The molecular weight excluding hydrogens is 304 g/mol. The summed E-state index contributed by atoms with van der Waals surface area (Å²) < 4.78 is 0. The number of hydrogen-bond acceptors (Lipinski definition) is 4. The lowest BCUT2D eigenvalue weighted by molar-refractivity contribution is -0.124. The van der Waals surface area contributed by atoms with Crippen LogP contribution in [0.25, 0.3) is 0 Å². The number of rotatable bonds is 5. The fourth-order valence-corrected chi connectivity index (χ4v) is 3.14. The zero-order valence-electron chi connectivity index (χ0n) is 14.4. The Morgan fingerprint density at radius 1 is 1.29 bits per heavy atom. The van der Waals surface area contributed by atoms with Crippen LogP contribution in [-0.2, 0) is 11.3 Å². The number of nitrogens with zero attached hydrogens (tertiary/aromatic N) is 2. The highest BCUT2D eigenvalue weighted by molar-refractivity contribution is 5.94. The minimum Gasteiger partial charge on any atom is -0.354 e. The molecule has 3 rings (SSSR count). The van der Waals surface area contributed by atoms with Gasteiger partial charge in [-0.15, -0.1) is 0 Å². The fourth-order valence-electron chi connectivity index (χ4n) is 3.14. The second kappa shape index (κ2) is 7.32. The Labute approximate surface area is 143 Å². The number of carbonyl (C=O) groups excluding carboxylic acids is 2. The van der Waals surface area contributed by atoms with Crippen LogP contribution in [0.1, 0.15) is 29.8 Å². The molecular formula is C18H26N4O2. The Bertz CT molecular complexity index is 594. The van der Waals surface area contributed by atoms with Crippen LogP contribution in [0.4, 0.5) is 0 Å². The topological polar surface area (TPSA) is 64.7 Å². The highest BCUT2D eigenvalue weighted by Crippen LogP contribution is 2.13. The molecule has 0 saturated carbocycles. The van der Waals surface area contributed by atoms with Crippen LogP contribution < -0.4 is 10.6 Å². The third-order valence-corrected chi connectivity index (χ3v) is 4.72. The van der Waals surface area contributed by atoms with Crippen LogP contribution in [0.2, 0.25) is 0 Å². The highest BCUT2D eigenvalue weighted by Gasteiger charge is 2.29. The molecule has 2 amide bonds. The maximum absolute atomic E-state index is 12.3. The van der Waals surface area contributed by atoms with Crippen LogP contribution >= 0.6 is 0 Å². The summed E-state index contributed by atoms with van der Waals surface area (Å²) in [6, 6.07) is 8.48. The van der Waals surface area contributed by atoms with Crippen LogP contribution in [0.15, 0.2) is 24.3 Å². The van der Waals surface area contributed by atoms with Crippen LogP contribution in [0, 0.1) is 0 Å². The van der Waals surface area contributed by atoms with E-state index in [2.05, 4.69) is 34.3 Å². The number of nitrogens with one attached hydrogen (secondary N) is 2. The average Bonchev–Trinajstić information content (AvgIpc) is 2.50. The van der Waals surface area contributed by atoms with Crippen molar-refractivity contribution in [3.8, 4) is 0 Å². The van der Waals surface area contributed by atoms with Gasteiger partial charge in [0.2, 0.25) is 5.91 Å². The lowest BCUT2D eigenvalue weighted by Gasteiger charge is -2.42. The standard InChI is InChI=1S/C18H26N4O2/c1-13(2)22-10-16(11-22)20-18(24)15-5-3-14(4-6-15)9-21-8-7-19-17(23)12-21/h3-6,13,16H,7-12H2,1-2H3,(H,19,23)(H,20,24). The van der Waals surface area contributed by atoms with Crippen molar-refractivity contribution in [1.82, 2.24) is 20.4 Å². The van der Waals surface area contributed by atoms with Gasteiger partial charge in [-0.3, -0.25) is 19.4 Å². The van der Waals surface area contributed by atoms with Crippen LogP contribution in [0.5, 0.6) is 0 Å². The molecule has 0 unspecified atom stereocenters. The fraction of sp³-hybridized carbons (Fsp3) is 0.556. The largest absolute Gasteiger partial charge is 0.354 e. The smallest absolute Gasteiger partial charge is 0.251 e. The molecule has 130 valence electrons. The molecule has 2 aliphatic rings. The van der Waals surface area contributed by atoms with Crippen molar-refractivity contribution >= 4 is 11.8 Å². The molecule has 0 atom stereocenters. The Kier molecular flexibility index (Phi) is 5.16. The minimum atomic E-state index is -0.00712. The molecule has 2 N–H and O–H groups in total. The predicted octanol–water partition coefficient (Wildman–Crippen LogP) is 0.441. The molecule has 24 heavy (non-hydrogen) atoms. The van der Waals surface area contributed by atoms with E-state index in [0.29, 0.717) is 24.7 Å². The van der Waals surface area contributed by atoms with Crippen molar-refractivity contribution in [1.29, 1.82) is 0 Å². The van der Waals surface area contributed by atoms with Crippen molar-refractivity contribution in [2.24, 2.45) is 0 Å². The molecule has 6 heteroatoms. The molecule has 0 bridgehead atoms. The average molecular weight is 330 g/mol. The third kappa shape index (κ3) is 4.13. The van der Waals surface area contributed by atoms with E-state index in [4.69, 9.17) is 0 Å². The van der Waals surface area contributed by atoms with Gasteiger partial charge in [0.25, 0.3) is 5.91 Å². The number of hydrogen-bond donors (Lipinski definition) is 2. The van der Waals surface area contributed by atoms with Crippen molar-refractivity contribution in [3.05, 3.63) is 35.4 Å². The summed E-state index contributed by atoms with van der Waals surface area (Å²) in [5.74, 6) is 0.0699. The summed E-state index contributed by atoms with van der Waals surface area (Å²) in [6.45, 7) is 8.94. The van der Waals surface area contributed by atoms with Gasteiger partial charge in [0.15, 0.2) is 0 Å². The maximum Gasteiger partial charge on any atom is 0.251 e. The first-order valence-corrected chi connectivity index (χ1v) is 8.64. The molecule has 2 fully saturated rings. The third-order valence-electron chi connectivity index (χ3n) is 4.72. The number of carbonyl (C=O) groups is 2. The van der Waals surface area contributed by atoms with Gasteiger partial charge in [-0.05, 0) is 31.5 Å². The maximum atomic E-state index is 12.3. The van der Waals surface area contributed by atoms with E-state index >= 15 is 0 Å². The van der Waals surface area contributed by atoms with Crippen molar-refractivity contribution in [2.75, 3.05) is 32.7 Å². The predicted molar refractivity (Wildman–Crippen MR) is 92.7 cm³/mol. The number of piperazine rings is 1. The Morgan fingerprint density at radius 3 is 2.62 bits per heavy atom. The summed E-state index contributed by atoms with van der Waals surface area (Å²) in [5, 5.41) is 5.90.